The Kier molecular flexibility index (Phi) is 3.16. The molecule has 76 valence electrons. The van der Waals surface area contributed by atoms with Crippen molar-refractivity contribution in [3.63, 3.8) is 0 Å². The van der Waals surface area contributed by atoms with E-state index in [2.05, 4.69) is 80.8 Å². The summed E-state index contributed by atoms with van der Waals surface area (Å²) in [5.41, 5.74) is 9.30. The fourth-order valence-electron chi connectivity index (χ4n) is 1.16. The van der Waals surface area contributed by atoms with Gasteiger partial charge in [0, 0.05) is 14.6 Å². The highest BCUT2D eigenvalue weighted by Crippen LogP contribution is 2.31. The van der Waals surface area contributed by atoms with Gasteiger partial charge >= 0.3 is 0 Å². The summed E-state index contributed by atoms with van der Waals surface area (Å²) >= 11 is 2.42. The molecule has 1 rings (SSSR count). The van der Waals surface area contributed by atoms with Crippen molar-refractivity contribution in [2.45, 2.75) is 38.0 Å². The minimum Gasteiger partial charge on any atom is -0.115 e. The van der Waals surface area contributed by atoms with Gasteiger partial charge in [0.1, 0.15) is 0 Å². The van der Waals surface area contributed by atoms with Crippen molar-refractivity contribution >= 4 is 22.6 Å². The molecule has 0 radical (unpaired) electrons. The Morgan fingerprint density at radius 2 is 1.36 bits per heavy atom. The monoisotopic (exact) mass is 300 g/mol. The Hall–Kier alpha value is -0.230. The van der Waals surface area contributed by atoms with Crippen molar-refractivity contribution in [1.29, 1.82) is 0 Å². The average Bonchev–Trinajstić information content (AvgIpc) is 2.01. The van der Waals surface area contributed by atoms with Crippen LogP contribution in [0.5, 0.6) is 0 Å². The Balaban J connectivity index is 3.02. The fraction of sp³-hybridized carbons (Fsp3) is 0.538. The summed E-state index contributed by atoms with van der Waals surface area (Å²) in [5.74, 6) is 0. The summed E-state index contributed by atoms with van der Waals surface area (Å²) in [6, 6.07) is 0. The highest BCUT2D eigenvalue weighted by Gasteiger charge is 2.20. The van der Waals surface area contributed by atoms with Crippen LogP contribution in [-0.2, 0) is 0 Å². The van der Waals surface area contributed by atoms with E-state index in [4.69, 9.17) is 0 Å². The number of hydrogen-bond acceptors (Lipinski definition) is 0. The molecule has 0 bridgehead atoms. The quantitative estimate of drug-likeness (QED) is 0.382. The smallest absolute Gasteiger partial charge is 0.0493 e. The molecule has 1 aliphatic carbocycles. The first-order valence-corrected chi connectivity index (χ1v) is 5.92. The zero-order valence-electron chi connectivity index (χ0n) is 9.53. The van der Waals surface area contributed by atoms with E-state index in [-0.39, 0.29) is 8.84 Å². The molecule has 0 N–H and O–H groups in total. The minimum atomic E-state index is 0.144. The average molecular weight is 300 g/mol. The Bertz CT molecular complexity index is 319. The molecule has 0 nitrogen and oxygen atoms in total. The van der Waals surface area contributed by atoms with Gasteiger partial charge in [-0.15, -0.1) is 11.5 Å². The molecule has 0 unspecified atom stereocenters. The Morgan fingerprint density at radius 1 is 0.929 bits per heavy atom. The van der Waals surface area contributed by atoms with E-state index in [1.54, 1.807) is 0 Å². The van der Waals surface area contributed by atoms with Crippen LogP contribution < -0.4 is 0 Å². The Morgan fingerprint density at radius 3 is 1.64 bits per heavy atom. The maximum Gasteiger partial charge on any atom is 0.0493 e. The summed E-state index contributed by atoms with van der Waals surface area (Å²) in [6.07, 6.45) is 4.13. The third-order valence-corrected chi connectivity index (χ3v) is 2.77. The highest BCUT2D eigenvalue weighted by atomic mass is 127. The number of alkyl halides is 1. The van der Waals surface area contributed by atoms with Gasteiger partial charge in [0.25, 0.3) is 0 Å². The molecule has 0 saturated heterocycles. The SMILES string of the molecule is CC(C)(C)C1=C=CC(C(C)(C)I)=C=C1. The molecule has 0 aromatic carbocycles. The van der Waals surface area contributed by atoms with Gasteiger partial charge in [0.05, 0.1) is 0 Å². The largest absolute Gasteiger partial charge is 0.115 e. The lowest BCUT2D eigenvalue weighted by molar-refractivity contribution is 0.518. The van der Waals surface area contributed by atoms with Crippen LogP contribution in [0.1, 0.15) is 34.6 Å². The van der Waals surface area contributed by atoms with Crippen molar-refractivity contribution in [2.24, 2.45) is 5.41 Å². The first-order chi connectivity index (χ1) is 6.21. The zero-order valence-corrected chi connectivity index (χ0v) is 11.7. The van der Waals surface area contributed by atoms with E-state index >= 15 is 0 Å². The van der Waals surface area contributed by atoms with Gasteiger partial charge in [-0.2, -0.15) is 0 Å². The minimum absolute atomic E-state index is 0.144. The standard InChI is InChI=1S/C13H17I/c1-12(2,3)10-6-8-11(9-7-10)13(4,5)14/h6,9H,1-5H3. The molecule has 0 aliphatic heterocycles. The van der Waals surface area contributed by atoms with Gasteiger partial charge in [-0.1, -0.05) is 43.4 Å². The molecule has 1 heteroatoms. The van der Waals surface area contributed by atoms with Crippen molar-refractivity contribution in [2.75, 3.05) is 0 Å². The highest BCUT2D eigenvalue weighted by molar-refractivity contribution is 14.1. The lowest BCUT2D eigenvalue weighted by atomic mass is 9.85. The molecular formula is C13H17I. The second-order valence-electron chi connectivity index (χ2n) is 5.13. The molecule has 0 aromatic heterocycles. The summed E-state index contributed by atoms with van der Waals surface area (Å²) in [6.45, 7) is 11.0. The zero-order chi connectivity index (χ0) is 11.0. The van der Waals surface area contributed by atoms with Gasteiger partial charge in [-0.3, -0.25) is 0 Å². The van der Waals surface area contributed by atoms with Crippen molar-refractivity contribution in [3.05, 3.63) is 34.8 Å². The van der Waals surface area contributed by atoms with E-state index in [0.29, 0.717) is 0 Å². The maximum absolute atomic E-state index is 3.35. The number of halogens is 1. The third-order valence-electron chi connectivity index (χ3n) is 2.19. The van der Waals surface area contributed by atoms with Crippen molar-refractivity contribution in [1.82, 2.24) is 0 Å². The van der Waals surface area contributed by atoms with E-state index < -0.39 is 0 Å². The number of rotatable bonds is 1. The number of hydrogen-bond donors (Lipinski definition) is 0. The molecule has 0 aromatic rings. The molecule has 0 heterocycles. The van der Waals surface area contributed by atoms with Crippen LogP contribution in [0.15, 0.2) is 34.8 Å². The van der Waals surface area contributed by atoms with E-state index in [0.717, 1.165) is 0 Å². The maximum atomic E-state index is 3.35. The summed E-state index contributed by atoms with van der Waals surface area (Å²) < 4.78 is 0.144. The normalized spacial score (nSPS) is 16.7. The second kappa shape index (κ2) is 3.73. The predicted molar refractivity (Wildman–Crippen MR) is 70.7 cm³/mol. The van der Waals surface area contributed by atoms with Gasteiger partial charge in [0.2, 0.25) is 0 Å². The van der Waals surface area contributed by atoms with Gasteiger partial charge in [-0.25, -0.2) is 0 Å². The fourth-order valence-corrected chi connectivity index (χ4v) is 1.47. The topological polar surface area (TPSA) is 0 Å². The van der Waals surface area contributed by atoms with E-state index in [9.17, 15) is 0 Å². The molecular weight excluding hydrogens is 283 g/mol. The summed E-state index contributed by atoms with van der Waals surface area (Å²) in [4.78, 5) is 0. The van der Waals surface area contributed by atoms with Crippen LogP contribution in [0.2, 0.25) is 0 Å². The second-order valence-corrected chi connectivity index (χ2v) is 7.82. The number of allylic oxidation sites excluding steroid dienone is 2. The molecule has 1 aliphatic rings. The molecule has 14 heavy (non-hydrogen) atoms. The van der Waals surface area contributed by atoms with Gasteiger partial charge in [0.15, 0.2) is 0 Å². The van der Waals surface area contributed by atoms with E-state index in [1.807, 2.05) is 0 Å². The van der Waals surface area contributed by atoms with Crippen LogP contribution in [0, 0.1) is 5.41 Å². The van der Waals surface area contributed by atoms with Crippen LogP contribution >= 0.6 is 22.6 Å². The lowest BCUT2D eigenvalue weighted by Gasteiger charge is -2.21. The Labute approximate surface area is 101 Å². The summed E-state index contributed by atoms with van der Waals surface area (Å²) in [5, 5.41) is 0. The summed E-state index contributed by atoms with van der Waals surface area (Å²) in [7, 11) is 0. The molecule has 0 fully saturated rings. The van der Waals surface area contributed by atoms with Crippen molar-refractivity contribution < 1.29 is 0 Å². The van der Waals surface area contributed by atoms with Crippen LogP contribution in [0.4, 0.5) is 0 Å². The lowest BCUT2D eigenvalue weighted by Crippen LogP contribution is -2.13. The van der Waals surface area contributed by atoms with Gasteiger partial charge in [-0.05, 0) is 31.4 Å². The van der Waals surface area contributed by atoms with Crippen LogP contribution in [0.25, 0.3) is 0 Å². The predicted octanol–water partition coefficient (Wildman–Crippen LogP) is 4.42. The molecule has 0 amide bonds. The first-order valence-electron chi connectivity index (χ1n) is 4.84. The van der Waals surface area contributed by atoms with Gasteiger partial charge < -0.3 is 0 Å². The van der Waals surface area contributed by atoms with Crippen LogP contribution in [0.3, 0.4) is 0 Å². The van der Waals surface area contributed by atoms with E-state index in [1.165, 1.54) is 11.1 Å². The molecule has 0 atom stereocenters. The molecule has 0 spiro atoms. The van der Waals surface area contributed by atoms with Crippen LogP contribution in [-0.4, -0.2) is 3.42 Å². The van der Waals surface area contributed by atoms with Crippen molar-refractivity contribution in [3.8, 4) is 0 Å². The molecule has 0 saturated carbocycles. The first kappa shape index (κ1) is 11.8. The third kappa shape index (κ3) is 2.88.